The molecule has 1 aromatic rings. The number of unbranched alkanes of at least 4 members (excludes halogenated alkanes) is 3. The van der Waals surface area contributed by atoms with Gasteiger partial charge in [-0.05, 0) is 19.4 Å². The molecule has 1 aromatic heterocycles. The molecular weight excluding hydrogens is 188 g/mol. The first-order valence-electron chi connectivity index (χ1n) is 5.84. The number of nitrogens with zero attached hydrogens (tertiary/aromatic N) is 2. The fraction of sp³-hybridized carbons (Fsp3) is 0.667. The van der Waals surface area contributed by atoms with Crippen molar-refractivity contribution in [3.05, 3.63) is 18.0 Å². The summed E-state index contributed by atoms with van der Waals surface area (Å²) in [5, 5.41) is 4.10. The molecule has 0 atom stereocenters. The molecule has 0 aliphatic rings. The molecular formula is C12H20N2O. The molecule has 0 fully saturated rings. The van der Waals surface area contributed by atoms with Gasteiger partial charge >= 0.3 is 0 Å². The molecule has 0 aliphatic carbocycles. The topological polar surface area (TPSA) is 34.9 Å². The van der Waals surface area contributed by atoms with E-state index < -0.39 is 0 Å². The smallest absolute Gasteiger partial charge is 0.180 e. The number of aryl methyl sites for hydroxylation is 1. The summed E-state index contributed by atoms with van der Waals surface area (Å²) in [6.45, 7) is 4.94. The van der Waals surface area contributed by atoms with Gasteiger partial charge in [0.2, 0.25) is 0 Å². The molecule has 1 heterocycles. The van der Waals surface area contributed by atoms with E-state index in [4.69, 9.17) is 0 Å². The Hall–Kier alpha value is -1.12. The number of Topliss-reactive ketones (excluding diaryl/α,β-unsaturated/α-hetero) is 1. The summed E-state index contributed by atoms with van der Waals surface area (Å²) in [4.78, 5) is 11.8. The van der Waals surface area contributed by atoms with E-state index in [0.717, 1.165) is 25.1 Å². The Bertz CT molecular complexity index is 304. The van der Waals surface area contributed by atoms with Crippen LogP contribution in [0.3, 0.4) is 0 Å². The van der Waals surface area contributed by atoms with Crippen molar-refractivity contribution in [2.45, 2.75) is 52.5 Å². The lowest BCUT2D eigenvalue weighted by Crippen LogP contribution is -2.09. The third kappa shape index (κ3) is 3.50. The van der Waals surface area contributed by atoms with Crippen molar-refractivity contribution in [2.24, 2.45) is 0 Å². The summed E-state index contributed by atoms with van der Waals surface area (Å²) >= 11 is 0. The number of rotatable bonds is 7. The molecule has 0 spiro atoms. The minimum Gasteiger partial charge on any atom is -0.292 e. The zero-order valence-corrected chi connectivity index (χ0v) is 9.70. The minimum atomic E-state index is 0.227. The number of carbonyl (C=O) groups is 1. The van der Waals surface area contributed by atoms with Gasteiger partial charge in [0.1, 0.15) is 5.69 Å². The fourth-order valence-corrected chi connectivity index (χ4v) is 1.66. The predicted molar refractivity (Wildman–Crippen MR) is 61.0 cm³/mol. The molecule has 1 rings (SSSR count). The van der Waals surface area contributed by atoms with E-state index in [0.29, 0.717) is 6.42 Å². The third-order valence-electron chi connectivity index (χ3n) is 2.56. The predicted octanol–water partition coefficient (Wildman–Crippen LogP) is 3.06. The van der Waals surface area contributed by atoms with E-state index >= 15 is 0 Å². The molecule has 0 N–H and O–H groups in total. The first kappa shape index (κ1) is 12.0. The highest BCUT2D eigenvalue weighted by Crippen LogP contribution is 2.08. The average Bonchev–Trinajstić information content (AvgIpc) is 2.72. The fourth-order valence-electron chi connectivity index (χ4n) is 1.66. The van der Waals surface area contributed by atoms with E-state index in [1.807, 2.05) is 13.0 Å². The molecule has 0 aliphatic heterocycles. The monoisotopic (exact) mass is 208 g/mol. The minimum absolute atomic E-state index is 0.227. The van der Waals surface area contributed by atoms with Crippen LogP contribution in [0.25, 0.3) is 0 Å². The molecule has 0 amide bonds. The highest BCUT2D eigenvalue weighted by Gasteiger charge is 2.09. The van der Waals surface area contributed by atoms with Gasteiger partial charge in [-0.25, -0.2) is 0 Å². The molecule has 0 unspecified atom stereocenters. The van der Waals surface area contributed by atoms with Crippen LogP contribution in [-0.4, -0.2) is 15.6 Å². The number of hydrogen-bond acceptors (Lipinski definition) is 2. The summed E-state index contributed by atoms with van der Waals surface area (Å²) in [5.41, 5.74) is 0.758. The van der Waals surface area contributed by atoms with Gasteiger partial charge in [-0.15, -0.1) is 0 Å². The molecule has 0 radical (unpaired) electrons. The van der Waals surface area contributed by atoms with E-state index in [1.165, 1.54) is 12.8 Å². The summed E-state index contributed by atoms with van der Waals surface area (Å²) in [6.07, 6.45) is 6.94. The summed E-state index contributed by atoms with van der Waals surface area (Å²) in [6, 6.07) is 1.81. The molecule has 15 heavy (non-hydrogen) atoms. The maximum absolute atomic E-state index is 11.8. The first-order valence-corrected chi connectivity index (χ1v) is 5.84. The maximum atomic E-state index is 11.8. The molecule has 84 valence electrons. The van der Waals surface area contributed by atoms with Crippen molar-refractivity contribution in [1.29, 1.82) is 0 Å². The van der Waals surface area contributed by atoms with Crippen molar-refractivity contribution in [3.8, 4) is 0 Å². The van der Waals surface area contributed by atoms with Crippen LogP contribution in [0.1, 0.15) is 56.4 Å². The van der Waals surface area contributed by atoms with Crippen LogP contribution in [0, 0.1) is 0 Å². The second kappa shape index (κ2) is 6.38. The largest absolute Gasteiger partial charge is 0.292 e. The first-order chi connectivity index (χ1) is 7.29. The summed E-state index contributed by atoms with van der Waals surface area (Å²) in [7, 11) is 0. The normalized spacial score (nSPS) is 10.5. The van der Waals surface area contributed by atoms with Crippen LogP contribution in [0.15, 0.2) is 12.3 Å². The van der Waals surface area contributed by atoms with Crippen molar-refractivity contribution in [3.63, 3.8) is 0 Å². The molecule has 0 bridgehead atoms. The Morgan fingerprint density at radius 3 is 2.80 bits per heavy atom. The van der Waals surface area contributed by atoms with Gasteiger partial charge < -0.3 is 0 Å². The molecule has 0 saturated heterocycles. The van der Waals surface area contributed by atoms with E-state index in [9.17, 15) is 4.79 Å². The standard InChI is InChI=1S/C12H20N2O/c1-3-5-6-7-8-12(15)11-9-10-13-14(11)4-2/h9-10H,3-8H2,1-2H3. The van der Waals surface area contributed by atoms with Gasteiger partial charge in [-0.3, -0.25) is 9.48 Å². The van der Waals surface area contributed by atoms with Crippen LogP contribution >= 0.6 is 0 Å². The van der Waals surface area contributed by atoms with Gasteiger partial charge in [-0.1, -0.05) is 26.2 Å². The number of aromatic nitrogens is 2. The van der Waals surface area contributed by atoms with Crippen LogP contribution in [0.5, 0.6) is 0 Å². The Kier molecular flexibility index (Phi) is 5.08. The van der Waals surface area contributed by atoms with Crippen LogP contribution in [0.4, 0.5) is 0 Å². The van der Waals surface area contributed by atoms with Crippen molar-refractivity contribution < 1.29 is 4.79 Å². The third-order valence-corrected chi connectivity index (χ3v) is 2.56. The maximum Gasteiger partial charge on any atom is 0.180 e. The second-order valence-corrected chi connectivity index (χ2v) is 3.77. The zero-order valence-electron chi connectivity index (χ0n) is 9.70. The van der Waals surface area contributed by atoms with E-state index in [-0.39, 0.29) is 5.78 Å². The van der Waals surface area contributed by atoms with E-state index in [1.54, 1.807) is 10.9 Å². The van der Waals surface area contributed by atoms with Crippen LogP contribution in [0.2, 0.25) is 0 Å². The summed E-state index contributed by atoms with van der Waals surface area (Å²) < 4.78 is 1.77. The van der Waals surface area contributed by atoms with Gasteiger partial charge in [0, 0.05) is 19.2 Å². The van der Waals surface area contributed by atoms with Crippen LogP contribution in [-0.2, 0) is 6.54 Å². The Morgan fingerprint density at radius 2 is 2.13 bits per heavy atom. The zero-order chi connectivity index (χ0) is 11.1. The lowest BCUT2D eigenvalue weighted by molar-refractivity contribution is 0.0969. The highest BCUT2D eigenvalue weighted by atomic mass is 16.1. The molecule has 0 aromatic carbocycles. The Morgan fingerprint density at radius 1 is 1.33 bits per heavy atom. The highest BCUT2D eigenvalue weighted by molar-refractivity contribution is 5.94. The SMILES string of the molecule is CCCCCCC(=O)c1ccnn1CC. The van der Waals surface area contributed by atoms with Gasteiger partial charge in [0.05, 0.1) is 0 Å². The van der Waals surface area contributed by atoms with Crippen molar-refractivity contribution in [1.82, 2.24) is 9.78 Å². The average molecular weight is 208 g/mol. The number of hydrogen-bond donors (Lipinski definition) is 0. The lowest BCUT2D eigenvalue weighted by atomic mass is 10.1. The van der Waals surface area contributed by atoms with E-state index in [2.05, 4.69) is 12.0 Å². The molecule has 3 nitrogen and oxygen atoms in total. The van der Waals surface area contributed by atoms with Gasteiger partial charge in [0.15, 0.2) is 5.78 Å². The van der Waals surface area contributed by atoms with Crippen molar-refractivity contribution >= 4 is 5.78 Å². The summed E-state index contributed by atoms with van der Waals surface area (Å²) in [5.74, 6) is 0.227. The molecule has 0 saturated carbocycles. The lowest BCUT2D eigenvalue weighted by Gasteiger charge is -2.03. The number of ketones is 1. The van der Waals surface area contributed by atoms with Crippen molar-refractivity contribution in [2.75, 3.05) is 0 Å². The van der Waals surface area contributed by atoms with Gasteiger partial charge in [0.25, 0.3) is 0 Å². The van der Waals surface area contributed by atoms with Crippen LogP contribution < -0.4 is 0 Å². The van der Waals surface area contributed by atoms with Gasteiger partial charge in [-0.2, -0.15) is 5.10 Å². The second-order valence-electron chi connectivity index (χ2n) is 3.77. The number of carbonyl (C=O) groups excluding carboxylic acids is 1. The molecule has 3 heteroatoms. The Balaban J connectivity index is 2.40. The Labute approximate surface area is 91.5 Å². The quantitative estimate of drug-likeness (QED) is 0.510.